The van der Waals surface area contributed by atoms with Gasteiger partial charge in [-0.05, 0) is 18.6 Å². The second-order valence-electron chi connectivity index (χ2n) is 4.53. The molecule has 4 nitrogen and oxygen atoms in total. The van der Waals surface area contributed by atoms with Crippen molar-refractivity contribution >= 4 is 12.0 Å². The molecule has 1 unspecified atom stereocenters. The SMILES string of the molecule is Cc1cccc2c1OC(C(F)(F)F)C(C(=O)OOC(F)(F)F)=C2. The van der Waals surface area contributed by atoms with Crippen LogP contribution in [-0.2, 0) is 14.6 Å². The molecule has 10 heteroatoms. The topological polar surface area (TPSA) is 44.8 Å². The molecule has 1 aliphatic heterocycles. The van der Waals surface area contributed by atoms with Crippen molar-refractivity contribution in [1.82, 2.24) is 0 Å². The number of hydrogen-bond acceptors (Lipinski definition) is 4. The largest absolute Gasteiger partial charge is 0.558 e. The Labute approximate surface area is 125 Å². The Hall–Kier alpha value is -2.23. The van der Waals surface area contributed by atoms with Crippen molar-refractivity contribution in [1.29, 1.82) is 0 Å². The standard InChI is InChI=1S/C13H8F6O4/c1-6-3-2-4-7-5-8(11(20)22-23-13(17,18)19)10(12(14,15)16)21-9(6)7/h2-5,10H,1H3. The molecule has 0 fully saturated rings. The summed E-state index contributed by atoms with van der Waals surface area (Å²) < 4.78 is 79.3. The summed E-state index contributed by atoms with van der Waals surface area (Å²) in [5.41, 5.74) is -0.684. The number of para-hydroxylation sites is 1. The highest BCUT2D eigenvalue weighted by Crippen LogP contribution is 2.39. The first kappa shape index (κ1) is 17.1. The van der Waals surface area contributed by atoms with Crippen molar-refractivity contribution in [3.05, 3.63) is 34.9 Å². The Morgan fingerprint density at radius 3 is 2.39 bits per heavy atom. The van der Waals surface area contributed by atoms with Crippen LogP contribution >= 0.6 is 0 Å². The fraction of sp³-hybridized carbons (Fsp3) is 0.308. The van der Waals surface area contributed by atoms with Crippen LogP contribution in [0.1, 0.15) is 11.1 Å². The Morgan fingerprint density at radius 1 is 1.17 bits per heavy atom. The number of alkyl halides is 6. The number of halogens is 6. The lowest BCUT2D eigenvalue weighted by Gasteiger charge is -2.28. The molecule has 23 heavy (non-hydrogen) atoms. The zero-order valence-corrected chi connectivity index (χ0v) is 11.3. The number of rotatable bonds is 2. The molecule has 0 N–H and O–H groups in total. The van der Waals surface area contributed by atoms with Gasteiger partial charge >= 0.3 is 18.5 Å². The molecule has 0 aromatic heterocycles. The number of hydrogen-bond donors (Lipinski definition) is 0. The van der Waals surface area contributed by atoms with Gasteiger partial charge in [0.15, 0.2) is 0 Å². The fourth-order valence-electron chi connectivity index (χ4n) is 1.92. The molecule has 2 rings (SSSR count). The van der Waals surface area contributed by atoms with E-state index in [1.54, 1.807) is 0 Å². The summed E-state index contributed by atoms with van der Waals surface area (Å²) in [4.78, 5) is 17.7. The van der Waals surface area contributed by atoms with Gasteiger partial charge in [-0.2, -0.15) is 13.2 Å². The van der Waals surface area contributed by atoms with Gasteiger partial charge in [-0.1, -0.05) is 23.1 Å². The second-order valence-corrected chi connectivity index (χ2v) is 4.53. The van der Waals surface area contributed by atoms with Crippen molar-refractivity contribution in [3.63, 3.8) is 0 Å². The zero-order valence-electron chi connectivity index (χ0n) is 11.3. The maximum absolute atomic E-state index is 13.0. The second kappa shape index (κ2) is 5.76. The third-order valence-electron chi connectivity index (χ3n) is 2.82. The summed E-state index contributed by atoms with van der Waals surface area (Å²) in [6, 6.07) is 4.31. The molecule has 126 valence electrons. The van der Waals surface area contributed by atoms with E-state index in [1.807, 2.05) is 0 Å². The van der Waals surface area contributed by atoms with E-state index in [0.29, 0.717) is 5.56 Å². The van der Waals surface area contributed by atoms with Crippen molar-refractivity contribution in [3.8, 4) is 5.75 Å². The lowest BCUT2D eigenvalue weighted by atomic mass is 9.99. The maximum atomic E-state index is 13.0. The van der Waals surface area contributed by atoms with Gasteiger partial charge in [0.05, 0.1) is 5.57 Å². The Balaban J connectivity index is 2.38. The fourth-order valence-corrected chi connectivity index (χ4v) is 1.92. The first-order valence-corrected chi connectivity index (χ1v) is 6.00. The van der Waals surface area contributed by atoms with Gasteiger partial charge in [0, 0.05) is 5.56 Å². The number of ether oxygens (including phenoxy) is 1. The van der Waals surface area contributed by atoms with E-state index in [9.17, 15) is 31.1 Å². The molecule has 0 bridgehead atoms. The van der Waals surface area contributed by atoms with E-state index in [-0.39, 0.29) is 11.3 Å². The molecule has 0 radical (unpaired) electrons. The number of fused-ring (bicyclic) bond motifs is 1. The first-order valence-electron chi connectivity index (χ1n) is 6.00. The van der Waals surface area contributed by atoms with Gasteiger partial charge in [-0.3, -0.25) is 4.89 Å². The van der Waals surface area contributed by atoms with Crippen LogP contribution in [0, 0.1) is 6.92 Å². The van der Waals surface area contributed by atoms with Crippen LogP contribution in [-0.4, -0.2) is 24.6 Å². The lowest BCUT2D eigenvalue weighted by molar-refractivity contribution is -0.461. The van der Waals surface area contributed by atoms with E-state index >= 15 is 0 Å². The van der Waals surface area contributed by atoms with Crippen LogP contribution in [0.3, 0.4) is 0 Å². The summed E-state index contributed by atoms with van der Waals surface area (Å²) in [6.45, 7) is 1.48. The molecule has 1 heterocycles. The Morgan fingerprint density at radius 2 is 1.83 bits per heavy atom. The van der Waals surface area contributed by atoms with Crippen molar-refractivity contribution in [2.45, 2.75) is 25.6 Å². The summed E-state index contributed by atoms with van der Waals surface area (Å²) in [6.07, 6.45) is -12.4. The monoisotopic (exact) mass is 342 g/mol. The summed E-state index contributed by atoms with van der Waals surface area (Å²) in [7, 11) is 0. The van der Waals surface area contributed by atoms with E-state index < -0.39 is 30.2 Å². The molecule has 0 aliphatic carbocycles. The van der Waals surface area contributed by atoms with E-state index in [2.05, 4.69) is 9.78 Å². The molecule has 0 spiro atoms. The Kier molecular flexibility index (Phi) is 4.29. The quantitative estimate of drug-likeness (QED) is 0.467. The molecule has 0 saturated carbocycles. The van der Waals surface area contributed by atoms with Crippen molar-refractivity contribution < 1.29 is 45.6 Å². The Bertz CT molecular complexity index is 647. The molecule has 1 aromatic rings. The molecular formula is C13H8F6O4. The van der Waals surface area contributed by atoms with Gasteiger partial charge in [0.25, 0.3) is 0 Å². The normalized spacial score (nSPS) is 17.9. The van der Waals surface area contributed by atoms with Crippen LogP contribution in [0.5, 0.6) is 5.75 Å². The summed E-state index contributed by atoms with van der Waals surface area (Å²) in [5, 5.41) is 0. The van der Waals surface area contributed by atoms with Crippen LogP contribution in [0.25, 0.3) is 6.08 Å². The summed E-state index contributed by atoms with van der Waals surface area (Å²) >= 11 is 0. The van der Waals surface area contributed by atoms with E-state index in [4.69, 9.17) is 4.74 Å². The van der Waals surface area contributed by atoms with Gasteiger partial charge in [0.2, 0.25) is 6.10 Å². The number of benzene rings is 1. The smallest absolute Gasteiger partial charge is 0.475 e. The minimum absolute atomic E-state index is 0.101. The first-order chi connectivity index (χ1) is 10.5. The number of carbonyl (C=O) groups is 1. The predicted molar refractivity (Wildman–Crippen MR) is 62.9 cm³/mol. The zero-order chi connectivity index (χ0) is 17.4. The highest BCUT2D eigenvalue weighted by atomic mass is 19.4. The van der Waals surface area contributed by atoms with Gasteiger partial charge in [-0.15, -0.1) is 13.2 Å². The highest BCUT2D eigenvalue weighted by Gasteiger charge is 2.49. The third-order valence-corrected chi connectivity index (χ3v) is 2.82. The number of aryl methyl sites for hydroxylation is 1. The maximum Gasteiger partial charge on any atom is 0.558 e. The number of carbonyl (C=O) groups excluding carboxylic acids is 1. The van der Waals surface area contributed by atoms with Crippen molar-refractivity contribution in [2.24, 2.45) is 0 Å². The molecule has 0 amide bonds. The lowest BCUT2D eigenvalue weighted by Crippen LogP contribution is -2.41. The molecular weight excluding hydrogens is 334 g/mol. The molecule has 0 saturated heterocycles. The van der Waals surface area contributed by atoms with Gasteiger partial charge in [-0.25, -0.2) is 4.79 Å². The van der Waals surface area contributed by atoms with Crippen LogP contribution in [0.2, 0.25) is 0 Å². The molecule has 1 atom stereocenters. The average Bonchev–Trinajstić information content (AvgIpc) is 2.42. The summed E-state index contributed by atoms with van der Waals surface area (Å²) in [5.74, 6) is -2.07. The predicted octanol–water partition coefficient (Wildman–Crippen LogP) is 3.70. The van der Waals surface area contributed by atoms with E-state index in [0.717, 1.165) is 6.08 Å². The van der Waals surface area contributed by atoms with Gasteiger partial charge < -0.3 is 4.74 Å². The van der Waals surface area contributed by atoms with Crippen molar-refractivity contribution in [2.75, 3.05) is 0 Å². The van der Waals surface area contributed by atoms with Crippen LogP contribution < -0.4 is 4.74 Å². The molecule has 1 aliphatic rings. The minimum atomic E-state index is -5.34. The van der Waals surface area contributed by atoms with Crippen LogP contribution in [0.4, 0.5) is 26.3 Å². The average molecular weight is 342 g/mol. The molecule has 1 aromatic carbocycles. The minimum Gasteiger partial charge on any atom is -0.475 e. The van der Waals surface area contributed by atoms with E-state index in [1.165, 1.54) is 25.1 Å². The highest BCUT2D eigenvalue weighted by molar-refractivity contribution is 5.96. The third kappa shape index (κ3) is 3.95. The van der Waals surface area contributed by atoms with Gasteiger partial charge in [0.1, 0.15) is 5.75 Å². The van der Waals surface area contributed by atoms with Crippen LogP contribution in [0.15, 0.2) is 23.8 Å².